The van der Waals surface area contributed by atoms with Crippen molar-refractivity contribution in [3.63, 3.8) is 0 Å². The summed E-state index contributed by atoms with van der Waals surface area (Å²) in [5, 5.41) is 9.75. The van der Waals surface area contributed by atoms with Gasteiger partial charge in [0.2, 0.25) is 0 Å². The van der Waals surface area contributed by atoms with Gasteiger partial charge in [-0.05, 0) is 116 Å². The number of quaternary nitrogens is 1. The van der Waals surface area contributed by atoms with Crippen LogP contribution >= 0.6 is 0 Å². The third-order valence-electron chi connectivity index (χ3n) is 14.9. The summed E-state index contributed by atoms with van der Waals surface area (Å²) in [5.74, 6) is -2.04. The third-order valence-corrected chi connectivity index (χ3v) is 14.9. The van der Waals surface area contributed by atoms with Gasteiger partial charge in [0.15, 0.2) is 6.10 Å². The van der Waals surface area contributed by atoms with E-state index in [1.165, 1.54) is 141 Å². The number of rotatable bonds is 64. The molecule has 87 heavy (non-hydrogen) atoms. The molecule has 0 aromatic carbocycles. The van der Waals surface area contributed by atoms with Crippen molar-refractivity contribution in [1.82, 2.24) is 0 Å². The van der Waals surface area contributed by atoms with Gasteiger partial charge in [-0.15, -0.1) is 0 Å². The molecule has 1 N–H and O–H groups in total. The van der Waals surface area contributed by atoms with Gasteiger partial charge in [0, 0.05) is 12.8 Å². The number of nitrogens with zero attached hydrogens (tertiary/aromatic N) is 1. The largest absolute Gasteiger partial charge is 0.477 e. The Bertz CT molecular complexity index is 1890. The molecule has 0 fully saturated rings. The Morgan fingerprint density at radius 1 is 0.356 bits per heavy atom. The number of esters is 2. The minimum absolute atomic E-state index is 0.176. The van der Waals surface area contributed by atoms with Crippen LogP contribution in [0.4, 0.5) is 0 Å². The van der Waals surface area contributed by atoms with E-state index >= 15 is 0 Å². The zero-order valence-corrected chi connectivity index (χ0v) is 56.6. The predicted octanol–water partition coefficient (Wildman–Crippen LogP) is 22.1. The molecule has 0 aromatic rings. The number of carbonyl (C=O) groups is 3. The highest BCUT2D eigenvalue weighted by molar-refractivity contribution is 5.71. The Labute approximate surface area is 535 Å². The smallest absolute Gasteiger partial charge is 0.361 e. The van der Waals surface area contributed by atoms with Gasteiger partial charge in [-0.2, -0.15) is 0 Å². The van der Waals surface area contributed by atoms with Gasteiger partial charge >= 0.3 is 17.9 Å². The quantitative estimate of drug-likeness (QED) is 0.0211. The molecule has 0 saturated carbocycles. The van der Waals surface area contributed by atoms with E-state index in [9.17, 15) is 19.5 Å². The standard InChI is InChI=1S/C78H131NO8/c1-6-8-10-12-14-16-18-20-22-24-26-28-30-32-34-35-36-37-38-39-40-41-43-45-47-49-51-53-55-57-59-61-63-65-67-69-76(81)87-74(73-86-78(77(82)83)84-71-70-79(3,4)5)72-85-75(80)68-66-64-62-60-58-56-54-52-50-48-46-44-42-33-31-29-27-25-23-21-19-17-15-13-11-9-7-2/h8,10,14,16,20,22,25-28,32,34,36-37,39-40,43,45,49,51,55,57,74,78H,6-7,9,11-13,15,17-19,21,23-24,29-31,33,35,38,41-42,44,46-48,50,52-54,56,58-73H2,1-5H3/p+1/b10-8-,16-14-,22-20-,27-25-,28-26-,34-32-,37-36-,40-39-,45-43-,51-49-,57-55-. The molecule has 2 unspecified atom stereocenters. The predicted molar refractivity (Wildman–Crippen MR) is 373 cm³/mol. The molecular formula is C78H132NO8+. The average molecular weight is 1210 g/mol. The van der Waals surface area contributed by atoms with E-state index in [2.05, 4.69) is 148 Å². The molecule has 0 bridgehead atoms. The number of likely N-dealkylation sites (N-methyl/N-ethyl adjacent to an activating group) is 1. The fourth-order valence-electron chi connectivity index (χ4n) is 9.51. The van der Waals surface area contributed by atoms with Crippen LogP contribution in [-0.4, -0.2) is 87.4 Å². The van der Waals surface area contributed by atoms with E-state index in [1.807, 2.05) is 21.1 Å². The van der Waals surface area contributed by atoms with Crippen molar-refractivity contribution in [3.05, 3.63) is 134 Å². The first-order valence-electron chi connectivity index (χ1n) is 35.3. The van der Waals surface area contributed by atoms with E-state index in [0.717, 1.165) is 109 Å². The lowest BCUT2D eigenvalue weighted by atomic mass is 10.0. The maximum Gasteiger partial charge on any atom is 0.361 e. The van der Waals surface area contributed by atoms with Gasteiger partial charge in [-0.1, -0.05) is 289 Å². The lowest BCUT2D eigenvalue weighted by Crippen LogP contribution is -2.40. The topological polar surface area (TPSA) is 108 Å². The summed E-state index contributed by atoms with van der Waals surface area (Å²) < 4.78 is 22.9. The number of hydrogen-bond acceptors (Lipinski definition) is 7. The van der Waals surface area contributed by atoms with Crippen molar-refractivity contribution in [1.29, 1.82) is 0 Å². The number of allylic oxidation sites excluding steroid dienone is 22. The van der Waals surface area contributed by atoms with Gasteiger partial charge in [0.1, 0.15) is 13.2 Å². The van der Waals surface area contributed by atoms with Crippen LogP contribution in [0.3, 0.4) is 0 Å². The lowest BCUT2D eigenvalue weighted by molar-refractivity contribution is -0.870. The fraction of sp³-hybridized carbons (Fsp3) is 0.679. The second-order valence-electron chi connectivity index (χ2n) is 24.5. The normalized spacial score (nSPS) is 13.5. The van der Waals surface area contributed by atoms with E-state index in [0.29, 0.717) is 23.9 Å². The van der Waals surface area contributed by atoms with E-state index < -0.39 is 24.3 Å². The molecule has 496 valence electrons. The molecule has 0 aromatic heterocycles. The number of aliphatic carboxylic acids is 1. The minimum atomic E-state index is -1.53. The van der Waals surface area contributed by atoms with Crippen LogP contribution in [0, 0.1) is 0 Å². The van der Waals surface area contributed by atoms with Crippen LogP contribution < -0.4 is 0 Å². The maximum absolute atomic E-state index is 12.9. The molecule has 0 aliphatic rings. The van der Waals surface area contributed by atoms with E-state index in [4.69, 9.17) is 18.9 Å². The van der Waals surface area contributed by atoms with Gasteiger partial charge < -0.3 is 28.5 Å². The average Bonchev–Trinajstić information content (AvgIpc) is 3.56. The van der Waals surface area contributed by atoms with Crippen molar-refractivity contribution in [2.75, 3.05) is 47.5 Å². The SMILES string of the molecule is CC/C=C\C/C=C\C/C=C\C/C=C\C/C=C\C/C=C\C/C=C\C/C=C\C/C=C\C/C=C\CCCCCCC(=O)OC(COC(=O)CCCCCCCCCCCCCCCCC/C=C\CCCCCCCCCC)COC(OCC[N+](C)(C)C)C(=O)O. The Balaban J connectivity index is 4.23. The van der Waals surface area contributed by atoms with Crippen LogP contribution in [0.1, 0.15) is 284 Å². The first-order valence-corrected chi connectivity index (χ1v) is 35.3. The summed E-state index contributed by atoms with van der Waals surface area (Å²) in [7, 11) is 5.96. The van der Waals surface area contributed by atoms with Crippen LogP contribution in [-0.2, 0) is 33.3 Å². The summed E-state index contributed by atoms with van der Waals surface area (Å²) >= 11 is 0. The number of hydrogen-bond donors (Lipinski definition) is 1. The van der Waals surface area contributed by atoms with Crippen molar-refractivity contribution in [3.8, 4) is 0 Å². The summed E-state index contributed by atoms with van der Waals surface area (Å²) in [4.78, 5) is 37.6. The maximum atomic E-state index is 12.9. The van der Waals surface area contributed by atoms with E-state index in [-0.39, 0.29) is 32.2 Å². The molecule has 9 heteroatoms. The number of unbranched alkanes of at least 4 members (excludes halogenated alkanes) is 27. The summed E-state index contributed by atoms with van der Waals surface area (Å²) in [6.07, 6.45) is 94.2. The second kappa shape index (κ2) is 67.4. The lowest BCUT2D eigenvalue weighted by Gasteiger charge is -2.25. The third kappa shape index (κ3) is 68.8. The van der Waals surface area contributed by atoms with Crippen LogP contribution in [0.15, 0.2) is 134 Å². The van der Waals surface area contributed by atoms with Crippen LogP contribution in [0.5, 0.6) is 0 Å². The zero-order chi connectivity index (χ0) is 63.3. The van der Waals surface area contributed by atoms with Crippen molar-refractivity contribution in [2.45, 2.75) is 296 Å². The number of carboxylic acid groups (broad SMARTS) is 1. The summed E-state index contributed by atoms with van der Waals surface area (Å²) in [6.45, 7) is 4.74. The van der Waals surface area contributed by atoms with Crippen molar-refractivity contribution < 1.29 is 42.9 Å². The molecule has 0 aliphatic carbocycles. The molecule has 0 saturated heterocycles. The highest BCUT2D eigenvalue weighted by Crippen LogP contribution is 2.16. The zero-order valence-electron chi connectivity index (χ0n) is 56.6. The molecule has 0 amide bonds. The highest BCUT2D eigenvalue weighted by Gasteiger charge is 2.25. The van der Waals surface area contributed by atoms with Gasteiger partial charge in [0.05, 0.1) is 34.4 Å². The monoisotopic (exact) mass is 1210 g/mol. The first-order chi connectivity index (χ1) is 42.6. The Hall–Kier alpha value is -4.57. The minimum Gasteiger partial charge on any atom is -0.477 e. The molecular weight excluding hydrogens is 1080 g/mol. The van der Waals surface area contributed by atoms with Gasteiger partial charge in [-0.3, -0.25) is 9.59 Å². The molecule has 9 nitrogen and oxygen atoms in total. The molecule has 0 heterocycles. The Morgan fingerprint density at radius 3 is 0.989 bits per heavy atom. The number of carboxylic acids is 1. The molecule has 0 spiro atoms. The number of ether oxygens (including phenoxy) is 4. The van der Waals surface area contributed by atoms with Gasteiger partial charge in [0.25, 0.3) is 6.29 Å². The molecule has 0 aliphatic heterocycles. The van der Waals surface area contributed by atoms with Crippen molar-refractivity contribution >= 4 is 17.9 Å². The summed E-state index contributed by atoms with van der Waals surface area (Å²) in [6, 6.07) is 0. The fourth-order valence-corrected chi connectivity index (χ4v) is 9.51. The van der Waals surface area contributed by atoms with Crippen molar-refractivity contribution in [2.24, 2.45) is 0 Å². The Morgan fingerprint density at radius 2 is 0.655 bits per heavy atom. The molecule has 0 rings (SSSR count). The summed E-state index contributed by atoms with van der Waals surface area (Å²) in [5.41, 5.74) is 0. The number of carbonyl (C=O) groups excluding carboxylic acids is 2. The highest BCUT2D eigenvalue weighted by atomic mass is 16.7. The Kier molecular flexibility index (Phi) is 63.8. The van der Waals surface area contributed by atoms with Gasteiger partial charge in [-0.25, -0.2) is 4.79 Å². The molecule has 2 atom stereocenters. The van der Waals surface area contributed by atoms with Crippen LogP contribution in [0.25, 0.3) is 0 Å². The molecule has 0 radical (unpaired) electrons. The van der Waals surface area contributed by atoms with E-state index in [1.54, 1.807) is 0 Å². The van der Waals surface area contributed by atoms with Crippen LogP contribution in [0.2, 0.25) is 0 Å². The first kappa shape index (κ1) is 82.4. The second-order valence-corrected chi connectivity index (χ2v) is 24.5.